The third kappa shape index (κ3) is 2.96. The summed E-state index contributed by atoms with van der Waals surface area (Å²) in [6, 6.07) is 2.19. The summed E-state index contributed by atoms with van der Waals surface area (Å²) < 4.78 is 1.16. The van der Waals surface area contributed by atoms with Gasteiger partial charge in [0.25, 0.3) is 0 Å². The number of hydrogen-bond acceptors (Lipinski definition) is 2. The van der Waals surface area contributed by atoms with Crippen LogP contribution in [-0.2, 0) is 0 Å². The SMILES string of the molecule is NC(/C1=C/CCCCCC1)c1sccc1Br. The molecule has 2 N–H and O–H groups in total. The van der Waals surface area contributed by atoms with Gasteiger partial charge in [-0.1, -0.05) is 24.5 Å². The van der Waals surface area contributed by atoms with E-state index in [1.54, 1.807) is 11.3 Å². The first-order chi connectivity index (χ1) is 7.79. The Balaban J connectivity index is 2.13. The summed E-state index contributed by atoms with van der Waals surface area (Å²) in [6.07, 6.45) is 10.1. The Bertz CT molecular complexity index is 370. The van der Waals surface area contributed by atoms with E-state index in [1.807, 2.05) is 0 Å². The molecule has 0 spiro atoms. The summed E-state index contributed by atoms with van der Waals surface area (Å²) in [4.78, 5) is 1.27. The third-order valence-electron chi connectivity index (χ3n) is 3.15. The second-order valence-electron chi connectivity index (χ2n) is 4.34. The molecule has 0 amide bonds. The number of allylic oxidation sites excluding steroid dienone is 1. The van der Waals surface area contributed by atoms with Crippen LogP contribution < -0.4 is 5.73 Å². The van der Waals surface area contributed by atoms with E-state index in [1.165, 1.54) is 49.0 Å². The topological polar surface area (TPSA) is 26.0 Å². The Hall–Kier alpha value is -0.120. The Morgan fingerprint density at radius 3 is 2.81 bits per heavy atom. The Labute approximate surface area is 110 Å². The van der Waals surface area contributed by atoms with Crippen molar-refractivity contribution in [1.29, 1.82) is 0 Å². The molecule has 1 nitrogen and oxygen atoms in total. The van der Waals surface area contributed by atoms with E-state index in [4.69, 9.17) is 5.73 Å². The molecule has 3 heteroatoms. The molecule has 1 unspecified atom stereocenters. The summed E-state index contributed by atoms with van der Waals surface area (Å²) in [6.45, 7) is 0. The molecule has 0 aliphatic heterocycles. The zero-order valence-electron chi connectivity index (χ0n) is 9.42. The van der Waals surface area contributed by atoms with Crippen molar-refractivity contribution in [3.05, 3.63) is 32.4 Å². The molecule has 1 heterocycles. The second kappa shape index (κ2) is 5.99. The van der Waals surface area contributed by atoms with Crippen LogP contribution in [0.5, 0.6) is 0 Å². The molecule has 0 radical (unpaired) electrons. The fourth-order valence-electron chi connectivity index (χ4n) is 2.19. The van der Waals surface area contributed by atoms with Crippen molar-refractivity contribution in [2.24, 2.45) is 5.73 Å². The zero-order chi connectivity index (χ0) is 11.4. The van der Waals surface area contributed by atoms with Crippen LogP contribution in [-0.4, -0.2) is 0 Å². The summed E-state index contributed by atoms with van der Waals surface area (Å²) in [5.74, 6) is 0. The zero-order valence-corrected chi connectivity index (χ0v) is 11.8. The number of hydrogen-bond donors (Lipinski definition) is 1. The fourth-order valence-corrected chi connectivity index (χ4v) is 3.86. The molecule has 0 saturated heterocycles. The molecule has 88 valence electrons. The second-order valence-corrected chi connectivity index (χ2v) is 6.14. The first kappa shape index (κ1) is 12.3. The minimum atomic E-state index is 0.104. The number of thiophene rings is 1. The average molecular weight is 300 g/mol. The first-order valence-electron chi connectivity index (χ1n) is 5.96. The largest absolute Gasteiger partial charge is 0.320 e. The van der Waals surface area contributed by atoms with Gasteiger partial charge in [-0.25, -0.2) is 0 Å². The predicted molar refractivity (Wildman–Crippen MR) is 74.7 cm³/mol. The fraction of sp³-hybridized carbons (Fsp3) is 0.538. The highest BCUT2D eigenvalue weighted by Gasteiger charge is 2.16. The summed E-state index contributed by atoms with van der Waals surface area (Å²) >= 11 is 5.32. The van der Waals surface area contributed by atoms with Crippen LogP contribution in [0.2, 0.25) is 0 Å². The number of nitrogens with two attached hydrogens (primary N) is 1. The maximum absolute atomic E-state index is 6.35. The maximum Gasteiger partial charge on any atom is 0.0616 e. The van der Waals surface area contributed by atoms with Crippen LogP contribution >= 0.6 is 27.3 Å². The van der Waals surface area contributed by atoms with Gasteiger partial charge in [-0.15, -0.1) is 11.3 Å². The predicted octanol–water partition coefficient (Wildman–Crippen LogP) is 4.79. The van der Waals surface area contributed by atoms with Crippen LogP contribution in [0.15, 0.2) is 27.6 Å². The molecule has 2 rings (SSSR count). The van der Waals surface area contributed by atoms with Gasteiger partial charge in [0.05, 0.1) is 6.04 Å². The normalized spacial score (nSPS) is 23.0. The quantitative estimate of drug-likeness (QED) is 0.781. The maximum atomic E-state index is 6.35. The Morgan fingerprint density at radius 2 is 2.06 bits per heavy atom. The molecule has 1 aliphatic carbocycles. The van der Waals surface area contributed by atoms with Crippen LogP contribution in [0.1, 0.15) is 49.4 Å². The number of halogens is 1. The van der Waals surface area contributed by atoms with Gasteiger partial charge in [0, 0.05) is 9.35 Å². The van der Waals surface area contributed by atoms with Gasteiger partial charge in [-0.2, -0.15) is 0 Å². The van der Waals surface area contributed by atoms with Crippen LogP contribution in [0.25, 0.3) is 0 Å². The standard InChI is InChI=1S/C13H18BrNS/c14-11-8-9-16-13(11)12(15)10-6-4-2-1-3-5-7-10/h6,8-9,12H,1-5,7,15H2/b10-6+. The van der Waals surface area contributed by atoms with E-state index in [-0.39, 0.29) is 6.04 Å². The van der Waals surface area contributed by atoms with Gasteiger partial charge in [-0.05, 0) is 53.1 Å². The highest BCUT2D eigenvalue weighted by Crippen LogP contribution is 2.34. The lowest BCUT2D eigenvalue weighted by Crippen LogP contribution is -2.13. The van der Waals surface area contributed by atoms with E-state index in [2.05, 4.69) is 33.5 Å². The van der Waals surface area contributed by atoms with Crippen molar-refractivity contribution >= 4 is 27.3 Å². The van der Waals surface area contributed by atoms with Gasteiger partial charge < -0.3 is 5.73 Å². The van der Waals surface area contributed by atoms with Crippen molar-refractivity contribution in [2.75, 3.05) is 0 Å². The van der Waals surface area contributed by atoms with Crippen LogP contribution in [0, 0.1) is 0 Å². The highest BCUT2D eigenvalue weighted by molar-refractivity contribution is 9.10. The van der Waals surface area contributed by atoms with Crippen molar-refractivity contribution in [1.82, 2.24) is 0 Å². The molecule has 0 bridgehead atoms. The van der Waals surface area contributed by atoms with E-state index in [9.17, 15) is 0 Å². The lowest BCUT2D eigenvalue weighted by atomic mass is 9.95. The molecule has 1 atom stereocenters. The van der Waals surface area contributed by atoms with Crippen molar-refractivity contribution in [3.63, 3.8) is 0 Å². The minimum absolute atomic E-state index is 0.104. The van der Waals surface area contributed by atoms with Crippen LogP contribution in [0.3, 0.4) is 0 Å². The molecule has 0 aromatic carbocycles. The molecule has 1 aromatic heterocycles. The monoisotopic (exact) mass is 299 g/mol. The molecular formula is C13H18BrNS. The Kier molecular flexibility index (Phi) is 4.62. The molecule has 1 aliphatic rings. The third-order valence-corrected chi connectivity index (χ3v) is 5.11. The van der Waals surface area contributed by atoms with Gasteiger partial charge in [0.15, 0.2) is 0 Å². The first-order valence-corrected chi connectivity index (χ1v) is 7.63. The smallest absolute Gasteiger partial charge is 0.0616 e. The van der Waals surface area contributed by atoms with E-state index in [0.29, 0.717) is 0 Å². The average Bonchev–Trinajstić information content (AvgIpc) is 2.63. The molecule has 1 aromatic rings. The lowest BCUT2D eigenvalue weighted by molar-refractivity contribution is 0.604. The van der Waals surface area contributed by atoms with Crippen molar-refractivity contribution in [2.45, 2.75) is 44.6 Å². The minimum Gasteiger partial charge on any atom is -0.320 e. The molecule has 0 saturated carbocycles. The molecule has 0 fully saturated rings. The summed E-state index contributed by atoms with van der Waals surface area (Å²) in [5.41, 5.74) is 7.78. The van der Waals surface area contributed by atoms with E-state index in [0.717, 1.165) is 4.47 Å². The van der Waals surface area contributed by atoms with Crippen molar-refractivity contribution in [3.8, 4) is 0 Å². The Morgan fingerprint density at radius 1 is 1.25 bits per heavy atom. The van der Waals surface area contributed by atoms with Crippen LogP contribution in [0.4, 0.5) is 0 Å². The molecule has 16 heavy (non-hydrogen) atoms. The number of rotatable bonds is 2. The van der Waals surface area contributed by atoms with E-state index < -0.39 is 0 Å². The van der Waals surface area contributed by atoms with Gasteiger partial charge in [-0.3, -0.25) is 0 Å². The molecular weight excluding hydrogens is 282 g/mol. The van der Waals surface area contributed by atoms with E-state index >= 15 is 0 Å². The van der Waals surface area contributed by atoms with Gasteiger partial charge in [0.1, 0.15) is 0 Å². The van der Waals surface area contributed by atoms with Gasteiger partial charge in [0.2, 0.25) is 0 Å². The lowest BCUT2D eigenvalue weighted by Gasteiger charge is -2.17. The van der Waals surface area contributed by atoms with Gasteiger partial charge >= 0.3 is 0 Å². The summed E-state index contributed by atoms with van der Waals surface area (Å²) in [5, 5.41) is 2.10. The summed E-state index contributed by atoms with van der Waals surface area (Å²) in [7, 11) is 0. The van der Waals surface area contributed by atoms with Crippen molar-refractivity contribution < 1.29 is 0 Å². The highest BCUT2D eigenvalue weighted by atomic mass is 79.9.